The molecule has 1 aromatic heterocycles. The maximum atomic E-state index is 12.5. The Bertz CT molecular complexity index is 734. The second kappa shape index (κ2) is 8.09. The minimum Gasteiger partial charge on any atom is -0.352 e. The van der Waals surface area contributed by atoms with Crippen LogP contribution in [0.25, 0.3) is 5.69 Å². The van der Waals surface area contributed by atoms with E-state index < -0.39 is 0 Å². The lowest BCUT2D eigenvalue weighted by Crippen LogP contribution is -2.40. The highest BCUT2D eigenvalue weighted by Gasteiger charge is 2.22. The molecule has 0 spiro atoms. The number of rotatable bonds is 5. The number of nitrogens with zero attached hydrogens (tertiary/aromatic N) is 2. The van der Waals surface area contributed by atoms with Crippen LogP contribution in [0.4, 0.5) is 0 Å². The average Bonchev–Trinajstić information content (AvgIpc) is 3.05. The molecule has 25 heavy (non-hydrogen) atoms. The van der Waals surface area contributed by atoms with Crippen molar-refractivity contribution >= 4 is 17.7 Å². The van der Waals surface area contributed by atoms with Gasteiger partial charge in [-0.2, -0.15) is 0 Å². The van der Waals surface area contributed by atoms with Crippen molar-refractivity contribution in [2.24, 2.45) is 0 Å². The number of aromatic nitrogens is 2. The van der Waals surface area contributed by atoms with Crippen molar-refractivity contribution in [1.82, 2.24) is 14.9 Å². The summed E-state index contributed by atoms with van der Waals surface area (Å²) in [5.41, 5.74) is 3.54. The van der Waals surface area contributed by atoms with Gasteiger partial charge in [0, 0.05) is 18.4 Å². The molecule has 1 fully saturated rings. The van der Waals surface area contributed by atoms with Crippen LogP contribution in [0.2, 0.25) is 0 Å². The van der Waals surface area contributed by atoms with Gasteiger partial charge in [0.25, 0.3) is 0 Å². The van der Waals surface area contributed by atoms with E-state index in [1.807, 2.05) is 13.1 Å². The maximum Gasteiger partial charge on any atom is 0.233 e. The van der Waals surface area contributed by atoms with Gasteiger partial charge in [0.2, 0.25) is 5.91 Å². The Balaban J connectivity index is 1.70. The summed E-state index contributed by atoms with van der Waals surface area (Å²) in [6.45, 7) is 6.15. The minimum atomic E-state index is -0.159. The SMILES string of the molecule is Cc1ccc(C)c(-n2ccnc2S[C@@H](C)C(=O)NC2CCCCC2)c1. The van der Waals surface area contributed by atoms with Crippen LogP contribution < -0.4 is 5.32 Å². The fraction of sp³-hybridized carbons (Fsp3) is 0.500. The van der Waals surface area contributed by atoms with Crippen molar-refractivity contribution in [2.75, 3.05) is 0 Å². The fourth-order valence-electron chi connectivity index (χ4n) is 3.32. The van der Waals surface area contributed by atoms with Gasteiger partial charge in [-0.15, -0.1) is 0 Å². The molecule has 1 heterocycles. The first-order chi connectivity index (χ1) is 12.0. The normalized spacial score (nSPS) is 16.6. The molecule has 0 aliphatic heterocycles. The van der Waals surface area contributed by atoms with E-state index in [-0.39, 0.29) is 11.2 Å². The topological polar surface area (TPSA) is 46.9 Å². The number of hydrogen-bond acceptors (Lipinski definition) is 3. The van der Waals surface area contributed by atoms with Crippen LogP contribution in [-0.2, 0) is 4.79 Å². The molecule has 1 aromatic carbocycles. The van der Waals surface area contributed by atoms with Crippen LogP contribution in [0.5, 0.6) is 0 Å². The van der Waals surface area contributed by atoms with Crippen molar-refractivity contribution in [1.29, 1.82) is 0 Å². The number of aryl methyl sites for hydroxylation is 2. The van der Waals surface area contributed by atoms with E-state index >= 15 is 0 Å². The molecule has 3 rings (SSSR count). The highest BCUT2D eigenvalue weighted by molar-refractivity contribution is 8.00. The third-order valence-corrected chi connectivity index (χ3v) is 5.91. The summed E-state index contributed by atoms with van der Waals surface area (Å²) in [6.07, 6.45) is 9.74. The zero-order chi connectivity index (χ0) is 17.8. The Morgan fingerprint density at radius 1 is 1.28 bits per heavy atom. The molecule has 0 radical (unpaired) electrons. The minimum absolute atomic E-state index is 0.118. The number of imidazole rings is 1. The molecule has 4 nitrogen and oxygen atoms in total. The summed E-state index contributed by atoms with van der Waals surface area (Å²) in [6, 6.07) is 6.75. The number of nitrogens with one attached hydrogen (secondary N) is 1. The van der Waals surface area contributed by atoms with E-state index in [0.717, 1.165) is 23.7 Å². The second-order valence-corrected chi connectivity index (χ2v) is 8.28. The van der Waals surface area contributed by atoms with Gasteiger partial charge >= 0.3 is 0 Å². The lowest BCUT2D eigenvalue weighted by molar-refractivity contribution is -0.121. The third kappa shape index (κ3) is 4.46. The van der Waals surface area contributed by atoms with Crippen LogP contribution in [0, 0.1) is 13.8 Å². The molecule has 1 N–H and O–H groups in total. The van der Waals surface area contributed by atoms with Gasteiger partial charge in [0.1, 0.15) is 0 Å². The molecule has 0 unspecified atom stereocenters. The number of hydrogen-bond donors (Lipinski definition) is 1. The summed E-state index contributed by atoms with van der Waals surface area (Å²) in [7, 11) is 0. The molecule has 0 bridgehead atoms. The van der Waals surface area contributed by atoms with E-state index in [1.54, 1.807) is 6.20 Å². The summed E-state index contributed by atoms with van der Waals surface area (Å²) < 4.78 is 2.08. The van der Waals surface area contributed by atoms with E-state index in [0.29, 0.717) is 6.04 Å². The van der Waals surface area contributed by atoms with Crippen LogP contribution in [0.1, 0.15) is 50.2 Å². The van der Waals surface area contributed by atoms with Gasteiger partial charge in [0.05, 0.1) is 10.9 Å². The van der Waals surface area contributed by atoms with Crippen molar-refractivity contribution < 1.29 is 4.79 Å². The van der Waals surface area contributed by atoms with Gasteiger partial charge in [-0.05, 0) is 50.8 Å². The van der Waals surface area contributed by atoms with Gasteiger partial charge in [-0.1, -0.05) is 43.2 Å². The van der Waals surface area contributed by atoms with Gasteiger partial charge in [-0.3, -0.25) is 9.36 Å². The van der Waals surface area contributed by atoms with Crippen LogP contribution in [-0.4, -0.2) is 26.8 Å². The number of thioether (sulfide) groups is 1. The first kappa shape index (κ1) is 18.1. The van der Waals surface area contributed by atoms with Gasteiger partial charge in [0.15, 0.2) is 5.16 Å². The largest absolute Gasteiger partial charge is 0.352 e. The molecular formula is C20H27N3OS. The summed E-state index contributed by atoms with van der Waals surface area (Å²) in [4.78, 5) is 17.0. The van der Waals surface area contributed by atoms with E-state index in [1.165, 1.54) is 42.2 Å². The first-order valence-electron chi connectivity index (χ1n) is 9.12. The number of amides is 1. The van der Waals surface area contributed by atoms with Gasteiger partial charge < -0.3 is 5.32 Å². The molecule has 1 atom stereocenters. The van der Waals surface area contributed by atoms with Gasteiger partial charge in [-0.25, -0.2) is 4.98 Å². The molecule has 1 aliphatic carbocycles. The first-order valence-corrected chi connectivity index (χ1v) is 10.0. The fourth-order valence-corrected chi connectivity index (χ4v) is 4.20. The number of carbonyl (C=O) groups excluding carboxylic acids is 1. The Morgan fingerprint density at radius 2 is 2.04 bits per heavy atom. The predicted octanol–water partition coefficient (Wildman–Crippen LogP) is 4.42. The van der Waals surface area contributed by atoms with E-state index in [4.69, 9.17) is 0 Å². The van der Waals surface area contributed by atoms with E-state index in [2.05, 4.69) is 46.9 Å². The molecule has 1 saturated carbocycles. The summed E-state index contributed by atoms with van der Waals surface area (Å²) in [5, 5.41) is 3.92. The third-order valence-electron chi connectivity index (χ3n) is 4.83. The number of carbonyl (C=O) groups is 1. The zero-order valence-electron chi connectivity index (χ0n) is 15.3. The monoisotopic (exact) mass is 357 g/mol. The molecule has 1 amide bonds. The highest BCUT2D eigenvalue weighted by atomic mass is 32.2. The molecule has 2 aromatic rings. The van der Waals surface area contributed by atoms with Crippen molar-refractivity contribution in [3.63, 3.8) is 0 Å². The van der Waals surface area contributed by atoms with Crippen molar-refractivity contribution in [2.45, 2.75) is 69.3 Å². The van der Waals surface area contributed by atoms with Crippen LogP contribution >= 0.6 is 11.8 Å². The molecule has 5 heteroatoms. The quantitative estimate of drug-likeness (QED) is 0.806. The van der Waals surface area contributed by atoms with Crippen molar-refractivity contribution in [3.8, 4) is 5.69 Å². The average molecular weight is 358 g/mol. The maximum absolute atomic E-state index is 12.5. The summed E-state index contributed by atoms with van der Waals surface area (Å²) >= 11 is 1.52. The Kier molecular flexibility index (Phi) is 5.84. The number of benzene rings is 1. The standard InChI is InChI=1S/C20H27N3OS/c1-14-9-10-15(2)18(13-14)23-12-11-21-20(23)25-16(3)19(24)22-17-7-5-4-6-8-17/h9-13,16-17H,4-8H2,1-3H3,(H,22,24)/t16-/m0/s1. The molecular weight excluding hydrogens is 330 g/mol. The summed E-state index contributed by atoms with van der Waals surface area (Å²) in [5.74, 6) is 0.118. The van der Waals surface area contributed by atoms with E-state index in [9.17, 15) is 4.79 Å². The molecule has 0 saturated heterocycles. The Morgan fingerprint density at radius 3 is 2.80 bits per heavy atom. The zero-order valence-corrected chi connectivity index (χ0v) is 16.1. The lowest BCUT2D eigenvalue weighted by atomic mass is 9.95. The van der Waals surface area contributed by atoms with Crippen LogP contribution in [0.15, 0.2) is 35.7 Å². The Labute approximate surface area is 154 Å². The van der Waals surface area contributed by atoms with Crippen LogP contribution in [0.3, 0.4) is 0 Å². The second-order valence-electron chi connectivity index (χ2n) is 6.97. The lowest BCUT2D eigenvalue weighted by Gasteiger charge is -2.24. The Hall–Kier alpha value is -1.75. The molecule has 1 aliphatic rings. The molecule has 134 valence electrons. The van der Waals surface area contributed by atoms with Crippen molar-refractivity contribution in [3.05, 3.63) is 41.7 Å². The predicted molar refractivity (Wildman–Crippen MR) is 103 cm³/mol. The smallest absolute Gasteiger partial charge is 0.233 e. The highest BCUT2D eigenvalue weighted by Crippen LogP contribution is 2.27.